The van der Waals surface area contributed by atoms with Crippen molar-refractivity contribution in [2.75, 3.05) is 19.1 Å². The summed E-state index contributed by atoms with van der Waals surface area (Å²) >= 11 is 12.1. The van der Waals surface area contributed by atoms with Gasteiger partial charge >= 0.3 is 11.9 Å². The Morgan fingerprint density at radius 1 is 1.19 bits per heavy atom. The maximum absolute atomic E-state index is 12.7. The van der Waals surface area contributed by atoms with Crippen molar-refractivity contribution in [2.24, 2.45) is 0 Å². The van der Waals surface area contributed by atoms with E-state index in [9.17, 15) is 14.9 Å². The summed E-state index contributed by atoms with van der Waals surface area (Å²) in [5.74, 6) is -2.32. The van der Waals surface area contributed by atoms with Crippen molar-refractivity contribution >= 4 is 35.1 Å². The summed E-state index contributed by atoms with van der Waals surface area (Å²) in [6.45, 7) is 3.58. The van der Waals surface area contributed by atoms with Gasteiger partial charge in [0.05, 0.1) is 36.2 Å². The summed E-state index contributed by atoms with van der Waals surface area (Å²) in [5, 5.41) is 12.8. The normalized spacial score (nSPS) is 16.5. The summed E-state index contributed by atoms with van der Waals surface area (Å²) in [4.78, 5) is 25.3. The van der Waals surface area contributed by atoms with Gasteiger partial charge in [-0.05, 0) is 31.5 Å². The Labute approximate surface area is 167 Å². The van der Waals surface area contributed by atoms with E-state index < -0.39 is 17.9 Å². The van der Waals surface area contributed by atoms with Crippen molar-refractivity contribution in [3.63, 3.8) is 0 Å². The number of hydrogen-bond donors (Lipinski definition) is 1. The van der Waals surface area contributed by atoms with Gasteiger partial charge in [0.1, 0.15) is 11.8 Å². The fourth-order valence-corrected chi connectivity index (χ4v) is 3.25. The second-order valence-corrected chi connectivity index (χ2v) is 6.18. The molecule has 1 aromatic rings. The molecule has 0 amide bonds. The highest BCUT2D eigenvalue weighted by molar-refractivity contribution is 6.30. The molecular weight excluding hydrogens is 391 g/mol. The SMILES string of the molecule is CCOC(=O)C1=C(C#N)NC(CCl)=C(C(=O)OCC)C1c1cccc(Cl)c1. The standard InChI is InChI=1S/C19H18Cl2N2O4/c1-3-26-18(24)16-13(9-20)23-14(10-22)17(19(25)27-4-2)15(16)11-6-5-7-12(21)8-11/h5-8,15,23H,3-4,9H2,1-2H3. The van der Waals surface area contributed by atoms with Crippen molar-refractivity contribution < 1.29 is 19.1 Å². The lowest BCUT2D eigenvalue weighted by Crippen LogP contribution is -2.34. The van der Waals surface area contributed by atoms with Crippen LogP contribution in [0.1, 0.15) is 25.3 Å². The first-order valence-corrected chi connectivity index (χ1v) is 9.19. The zero-order chi connectivity index (χ0) is 20.0. The van der Waals surface area contributed by atoms with Gasteiger partial charge in [0.25, 0.3) is 0 Å². The van der Waals surface area contributed by atoms with E-state index in [1.54, 1.807) is 38.1 Å². The van der Waals surface area contributed by atoms with Crippen LogP contribution in [0.2, 0.25) is 5.02 Å². The minimum atomic E-state index is -0.897. The predicted molar refractivity (Wildman–Crippen MR) is 101 cm³/mol. The third kappa shape index (κ3) is 4.44. The highest BCUT2D eigenvalue weighted by Gasteiger charge is 2.40. The van der Waals surface area contributed by atoms with E-state index in [1.165, 1.54) is 0 Å². The van der Waals surface area contributed by atoms with Gasteiger partial charge in [0.2, 0.25) is 0 Å². The molecule has 27 heavy (non-hydrogen) atoms. The number of esters is 2. The number of dihydropyridines is 1. The lowest BCUT2D eigenvalue weighted by atomic mass is 9.80. The van der Waals surface area contributed by atoms with Gasteiger partial charge in [-0.3, -0.25) is 0 Å². The molecular formula is C19H18Cl2N2O4. The molecule has 6 nitrogen and oxygen atoms in total. The van der Waals surface area contributed by atoms with E-state index in [0.717, 1.165) is 0 Å². The molecule has 1 aromatic carbocycles. The molecule has 0 aromatic heterocycles. The van der Waals surface area contributed by atoms with Gasteiger partial charge in [0.15, 0.2) is 0 Å². The molecule has 0 bridgehead atoms. The molecule has 0 spiro atoms. The molecule has 0 radical (unpaired) electrons. The number of nitrogens with one attached hydrogen (secondary N) is 1. The highest BCUT2D eigenvalue weighted by atomic mass is 35.5. The molecule has 2 rings (SSSR count). The van der Waals surface area contributed by atoms with Crippen LogP contribution in [0.4, 0.5) is 0 Å². The van der Waals surface area contributed by atoms with Gasteiger partial charge in [-0.15, -0.1) is 11.6 Å². The van der Waals surface area contributed by atoms with Crippen molar-refractivity contribution in [3.05, 3.63) is 57.4 Å². The molecule has 0 aliphatic carbocycles. The molecule has 1 heterocycles. The summed E-state index contributed by atoms with van der Waals surface area (Å²) in [7, 11) is 0. The Morgan fingerprint density at radius 2 is 1.81 bits per heavy atom. The Kier molecular flexibility index (Phi) is 7.28. The second kappa shape index (κ2) is 9.45. The Balaban J connectivity index is 2.76. The Morgan fingerprint density at radius 3 is 2.33 bits per heavy atom. The number of nitriles is 1. The fraction of sp³-hybridized carbons (Fsp3) is 0.316. The number of carbonyl (C=O) groups excluding carboxylic acids is 2. The number of nitrogens with zero attached hydrogens (tertiary/aromatic N) is 1. The van der Waals surface area contributed by atoms with Gasteiger partial charge in [0, 0.05) is 10.7 Å². The second-order valence-electron chi connectivity index (χ2n) is 5.48. The van der Waals surface area contributed by atoms with E-state index in [2.05, 4.69) is 5.32 Å². The van der Waals surface area contributed by atoms with E-state index in [4.69, 9.17) is 32.7 Å². The molecule has 0 saturated heterocycles. The number of benzene rings is 1. The van der Waals surface area contributed by atoms with Crippen LogP contribution in [-0.2, 0) is 19.1 Å². The predicted octanol–water partition coefficient (Wildman–Crippen LogP) is 3.42. The molecule has 1 aliphatic heterocycles. The lowest BCUT2D eigenvalue weighted by Gasteiger charge is -2.30. The van der Waals surface area contributed by atoms with E-state index in [1.807, 2.05) is 6.07 Å². The largest absolute Gasteiger partial charge is 0.463 e. The summed E-state index contributed by atoms with van der Waals surface area (Å²) in [6.07, 6.45) is 0. The molecule has 1 aliphatic rings. The third-order valence-corrected chi connectivity index (χ3v) is 4.37. The van der Waals surface area contributed by atoms with Gasteiger partial charge in [-0.2, -0.15) is 5.26 Å². The molecule has 1 N–H and O–H groups in total. The van der Waals surface area contributed by atoms with Gasteiger partial charge < -0.3 is 14.8 Å². The Bertz CT molecular complexity index is 856. The average Bonchev–Trinajstić information content (AvgIpc) is 2.66. The van der Waals surface area contributed by atoms with Crippen molar-refractivity contribution in [1.82, 2.24) is 5.32 Å². The minimum absolute atomic E-state index is 0.0125. The third-order valence-electron chi connectivity index (χ3n) is 3.87. The van der Waals surface area contributed by atoms with Crippen molar-refractivity contribution in [2.45, 2.75) is 19.8 Å². The first kappa shape index (κ1) is 20.8. The van der Waals surface area contributed by atoms with E-state index in [-0.39, 0.29) is 35.9 Å². The fourth-order valence-electron chi connectivity index (χ4n) is 2.84. The highest BCUT2D eigenvalue weighted by Crippen LogP contribution is 2.40. The number of halogens is 2. The van der Waals surface area contributed by atoms with Gasteiger partial charge in [-0.1, -0.05) is 23.7 Å². The smallest absolute Gasteiger partial charge is 0.337 e. The zero-order valence-electron chi connectivity index (χ0n) is 14.8. The maximum Gasteiger partial charge on any atom is 0.337 e. The quantitative estimate of drug-likeness (QED) is 0.572. The van der Waals surface area contributed by atoms with Crippen LogP contribution in [0, 0.1) is 11.3 Å². The molecule has 0 fully saturated rings. The summed E-state index contributed by atoms with van der Waals surface area (Å²) in [5.41, 5.74) is 0.979. The van der Waals surface area contributed by atoms with Crippen LogP contribution < -0.4 is 5.32 Å². The van der Waals surface area contributed by atoms with Crippen LogP contribution in [0.3, 0.4) is 0 Å². The first-order chi connectivity index (χ1) is 13.0. The van der Waals surface area contributed by atoms with Crippen LogP contribution >= 0.6 is 23.2 Å². The topological polar surface area (TPSA) is 88.4 Å². The number of ether oxygens (including phenoxy) is 2. The molecule has 1 atom stereocenters. The van der Waals surface area contributed by atoms with Crippen LogP contribution in [0.15, 0.2) is 46.8 Å². The van der Waals surface area contributed by atoms with E-state index >= 15 is 0 Å². The van der Waals surface area contributed by atoms with Crippen molar-refractivity contribution in [1.29, 1.82) is 5.26 Å². The van der Waals surface area contributed by atoms with Gasteiger partial charge in [-0.25, -0.2) is 9.59 Å². The number of hydrogen-bond acceptors (Lipinski definition) is 6. The van der Waals surface area contributed by atoms with E-state index in [0.29, 0.717) is 16.3 Å². The van der Waals surface area contributed by atoms with Crippen molar-refractivity contribution in [3.8, 4) is 6.07 Å². The number of allylic oxidation sites excluding steroid dienone is 2. The molecule has 142 valence electrons. The molecule has 0 saturated carbocycles. The minimum Gasteiger partial charge on any atom is -0.463 e. The van der Waals surface area contributed by atoms with Crippen LogP contribution in [0.5, 0.6) is 0 Å². The monoisotopic (exact) mass is 408 g/mol. The van der Waals surface area contributed by atoms with Crippen LogP contribution in [-0.4, -0.2) is 31.0 Å². The zero-order valence-corrected chi connectivity index (χ0v) is 16.4. The summed E-state index contributed by atoms with van der Waals surface area (Å²) < 4.78 is 10.3. The maximum atomic E-state index is 12.7. The average molecular weight is 409 g/mol. The lowest BCUT2D eigenvalue weighted by molar-refractivity contribution is -0.139. The number of alkyl halides is 1. The Hall–Kier alpha value is -2.49. The number of rotatable bonds is 6. The first-order valence-electron chi connectivity index (χ1n) is 8.28. The molecule has 8 heteroatoms. The number of carbonyl (C=O) groups is 2. The molecule has 1 unspecified atom stereocenters. The summed E-state index contributed by atoms with van der Waals surface area (Å²) in [6, 6.07) is 8.64. The van der Waals surface area contributed by atoms with Crippen LogP contribution in [0.25, 0.3) is 0 Å².